The fourth-order valence-electron chi connectivity index (χ4n) is 3.25. The fraction of sp³-hybridized carbons (Fsp3) is 0.500. The summed E-state index contributed by atoms with van der Waals surface area (Å²) >= 11 is 6.08. The highest BCUT2D eigenvalue weighted by atomic mass is 35.5. The van der Waals surface area contributed by atoms with Crippen LogP contribution >= 0.6 is 11.6 Å². The number of nitrogens with zero attached hydrogens (tertiary/aromatic N) is 1. The summed E-state index contributed by atoms with van der Waals surface area (Å²) in [7, 11) is 0. The van der Waals surface area contributed by atoms with Crippen LogP contribution in [-0.2, 0) is 32.3 Å². The van der Waals surface area contributed by atoms with E-state index in [0.29, 0.717) is 35.8 Å². The third kappa shape index (κ3) is 3.72. The van der Waals surface area contributed by atoms with Crippen molar-refractivity contribution in [2.24, 2.45) is 0 Å². The summed E-state index contributed by atoms with van der Waals surface area (Å²) in [5.41, 5.74) is 0.421. The van der Waals surface area contributed by atoms with Crippen LogP contribution in [0.25, 0.3) is 0 Å². The minimum atomic E-state index is -0.947. The molecule has 0 spiro atoms. The molecule has 0 atom stereocenters. The Morgan fingerprint density at radius 1 is 1.33 bits per heavy atom. The first-order valence-electron chi connectivity index (χ1n) is 8.71. The van der Waals surface area contributed by atoms with Crippen molar-refractivity contribution < 1.29 is 28.6 Å². The summed E-state index contributed by atoms with van der Waals surface area (Å²) in [6, 6.07) is 2.79. The number of amides is 3. The van der Waals surface area contributed by atoms with Crippen molar-refractivity contribution in [2.75, 3.05) is 13.3 Å². The molecule has 3 rings (SSSR count). The van der Waals surface area contributed by atoms with Crippen LogP contribution in [0.5, 0.6) is 5.75 Å². The van der Waals surface area contributed by atoms with Crippen LogP contribution in [0.3, 0.4) is 0 Å². The average Bonchev–Trinajstić information content (AvgIpc) is 2.90. The number of carbonyl (C=O) groups excluding carboxylic acids is 3. The molecule has 0 aromatic heterocycles. The second kappa shape index (κ2) is 7.74. The molecule has 2 aliphatic rings. The maximum Gasteiger partial charge on any atom is 0.326 e. The first kappa shape index (κ1) is 19.4. The Bertz CT molecular complexity index is 777. The summed E-state index contributed by atoms with van der Waals surface area (Å²) in [5.74, 6) is -0.526. The minimum Gasteiger partial charge on any atom is -0.467 e. The first-order valence-corrected chi connectivity index (χ1v) is 9.09. The van der Waals surface area contributed by atoms with Gasteiger partial charge in [-0.1, -0.05) is 25.4 Å². The molecule has 2 heterocycles. The van der Waals surface area contributed by atoms with Crippen molar-refractivity contribution in [1.82, 2.24) is 10.2 Å². The maximum atomic E-state index is 12.5. The van der Waals surface area contributed by atoms with Gasteiger partial charge in [0.2, 0.25) is 0 Å². The van der Waals surface area contributed by atoms with Gasteiger partial charge < -0.3 is 19.5 Å². The normalized spacial score (nSPS) is 18.0. The number of fused-ring (bicyclic) bond motifs is 1. The number of halogens is 1. The van der Waals surface area contributed by atoms with E-state index in [2.05, 4.69) is 5.32 Å². The van der Waals surface area contributed by atoms with Crippen LogP contribution in [0.4, 0.5) is 4.79 Å². The van der Waals surface area contributed by atoms with Crippen molar-refractivity contribution in [3.8, 4) is 5.75 Å². The molecule has 1 aromatic carbocycles. The van der Waals surface area contributed by atoms with E-state index < -0.39 is 30.0 Å². The van der Waals surface area contributed by atoms with E-state index in [1.165, 1.54) is 0 Å². The number of ether oxygens (including phenoxy) is 3. The number of hydrogen-bond donors (Lipinski definition) is 1. The quantitative estimate of drug-likeness (QED) is 0.586. The lowest BCUT2D eigenvalue weighted by Crippen LogP contribution is -2.46. The van der Waals surface area contributed by atoms with Gasteiger partial charge in [-0.3, -0.25) is 14.5 Å². The molecule has 1 saturated heterocycles. The van der Waals surface area contributed by atoms with E-state index >= 15 is 0 Å². The molecule has 1 aromatic rings. The SMILES string of the molecule is CCC1(CC)NC(=O)N(CC(=O)OCc2cc(Cl)cc3c2OCOC3)C1=O. The van der Waals surface area contributed by atoms with E-state index in [1.807, 2.05) is 13.8 Å². The highest BCUT2D eigenvalue weighted by molar-refractivity contribution is 6.30. The minimum absolute atomic E-state index is 0.0852. The standard InChI is InChI=1S/C18H21ClN2O6/c1-3-18(4-2)16(23)21(17(24)20-18)7-14(22)26-9-12-6-13(19)5-11-8-25-10-27-15(11)12/h5-6H,3-4,7-10H2,1-2H3,(H,20,24). The van der Waals surface area contributed by atoms with Gasteiger partial charge in [-0.25, -0.2) is 4.79 Å². The lowest BCUT2D eigenvalue weighted by Gasteiger charge is -2.23. The van der Waals surface area contributed by atoms with Crippen LogP contribution < -0.4 is 10.1 Å². The molecule has 146 valence electrons. The predicted molar refractivity (Wildman–Crippen MR) is 95.1 cm³/mol. The summed E-state index contributed by atoms with van der Waals surface area (Å²) in [4.78, 5) is 37.7. The van der Waals surface area contributed by atoms with Gasteiger partial charge in [-0.05, 0) is 25.0 Å². The number of benzene rings is 1. The van der Waals surface area contributed by atoms with Gasteiger partial charge in [0.1, 0.15) is 24.4 Å². The van der Waals surface area contributed by atoms with E-state index in [1.54, 1.807) is 12.1 Å². The Labute approximate surface area is 161 Å². The Kier molecular flexibility index (Phi) is 5.57. The Hall–Kier alpha value is -2.32. The second-order valence-electron chi connectivity index (χ2n) is 6.44. The van der Waals surface area contributed by atoms with E-state index in [0.717, 1.165) is 10.5 Å². The molecule has 0 bridgehead atoms. The van der Waals surface area contributed by atoms with Crippen molar-refractivity contribution in [3.05, 3.63) is 28.3 Å². The second-order valence-corrected chi connectivity index (χ2v) is 6.87. The zero-order valence-corrected chi connectivity index (χ0v) is 15.9. The lowest BCUT2D eigenvalue weighted by molar-refractivity contribution is -0.149. The van der Waals surface area contributed by atoms with Crippen LogP contribution in [0.1, 0.15) is 37.8 Å². The smallest absolute Gasteiger partial charge is 0.326 e. The molecule has 27 heavy (non-hydrogen) atoms. The number of hydrogen-bond acceptors (Lipinski definition) is 6. The van der Waals surface area contributed by atoms with E-state index in [9.17, 15) is 14.4 Å². The lowest BCUT2D eigenvalue weighted by atomic mass is 9.93. The van der Waals surface area contributed by atoms with Crippen LogP contribution in [0.15, 0.2) is 12.1 Å². The van der Waals surface area contributed by atoms with Crippen molar-refractivity contribution in [2.45, 2.75) is 45.4 Å². The molecular weight excluding hydrogens is 376 g/mol. The zero-order chi connectivity index (χ0) is 19.6. The first-order chi connectivity index (χ1) is 12.9. The molecule has 3 amide bonds. The number of carbonyl (C=O) groups is 3. The molecule has 1 N–H and O–H groups in total. The van der Waals surface area contributed by atoms with Crippen LogP contribution in [0.2, 0.25) is 5.02 Å². The summed E-state index contributed by atoms with van der Waals surface area (Å²) < 4.78 is 15.9. The Balaban J connectivity index is 1.65. The molecule has 0 saturated carbocycles. The molecule has 1 fully saturated rings. The van der Waals surface area contributed by atoms with Gasteiger partial charge in [0.25, 0.3) is 5.91 Å². The van der Waals surface area contributed by atoms with E-state index in [4.69, 9.17) is 25.8 Å². The molecule has 9 heteroatoms. The van der Waals surface area contributed by atoms with Gasteiger partial charge in [0.05, 0.1) is 6.61 Å². The summed E-state index contributed by atoms with van der Waals surface area (Å²) in [6.07, 6.45) is 0.904. The number of nitrogens with one attached hydrogen (secondary N) is 1. The Morgan fingerprint density at radius 3 is 2.74 bits per heavy atom. The van der Waals surface area contributed by atoms with E-state index in [-0.39, 0.29) is 13.4 Å². The molecule has 0 aliphatic carbocycles. The van der Waals surface area contributed by atoms with Gasteiger partial charge in [0.15, 0.2) is 6.79 Å². The summed E-state index contributed by atoms with van der Waals surface area (Å²) in [6.45, 7) is 3.56. The van der Waals surface area contributed by atoms with Gasteiger partial charge in [-0.2, -0.15) is 0 Å². The fourth-order valence-corrected chi connectivity index (χ4v) is 3.51. The number of imide groups is 1. The van der Waals surface area contributed by atoms with Crippen LogP contribution in [-0.4, -0.2) is 41.7 Å². The molecular formula is C18H21ClN2O6. The molecule has 0 radical (unpaired) electrons. The molecule has 0 unspecified atom stereocenters. The third-order valence-corrected chi connectivity index (χ3v) is 5.10. The summed E-state index contributed by atoms with van der Waals surface area (Å²) in [5, 5.41) is 3.14. The van der Waals surface area contributed by atoms with Crippen molar-refractivity contribution in [3.63, 3.8) is 0 Å². The van der Waals surface area contributed by atoms with Crippen molar-refractivity contribution >= 4 is 29.5 Å². The largest absolute Gasteiger partial charge is 0.467 e. The zero-order valence-electron chi connectivity index (χ0n) is 15.2. The Morgan fingerprint density at radius 2 is 2.07 bits per heavy atom. The highest BCUT2D eigenvalue weighted by Crippen LogP contribution is 2.32. The number of esters is 1. The number of urea groups is 1. The predicted octanol–water partition coefficient (Wildman–Crippen LogP) is 2.36. The number of rotatable bonds is 6. The highest BCUT2D eigenvalue weighted by Gasteiger charge is 2.49. The van der Waals surface area contributed by atoms with Gasteiger partial charge in [-0.15, -0.1) is 0 Å². The maximum absolute atomic E-state index is 12.5. The van der Waals surface area contributed by atoms with Gasteiger partial charge in [0, 0.05) is 16.1 Å². The average molecular weight is 397 g/mol. The van der Waals surface area contributed by atoms with Crippen molar-refractivity contribution in [1.29, 1.82) is 0 Å². The third-order valence-electron chi connectivity index (χ3n) is 4.88. The van der Waals surface area contributed by atoms with Gasteiger partial charge >= 0.3 is 12.0 Å². The van der Waals surface area contributed by atoms with Crippen LogP contribution in [0, 0.1) is 0 Å². The molecule has 8 nitrogen and oxygen atoms in total. The topological polar surface area (TPSA) is 94.2 Å². The molecule has 2 aliphatic heterocycles. The monoisotopic (exact) mass is 396 g/mol.